The molecule has 0 amide bonds. The van der Waals surface area contributed by atoms with Crippen LogP contribution in [0.5, 0.6) is 0 Å². The van der Waals surface area contributed by atoms with Crippen LogP contribution in [0, 0.1) is 11.3 Å². The van der Waals surface area contributed by atoms with Crippen LogP contribution in [0.3, 0.4) is 0 Å². The Morgan fingerprint density at radius 3 is 2.85 bits per heavy atom. The van der Waals surface area contributed by atoms with Crippen LogP contribution in [0.4, 0.5) is 0 Å². The summed E-state index contributed by atoms with van der Waals surface area (Å²) in [6.45, 7) is 7.94. The van der Waals surface area contributed by atoms with Crippen LogP contribution >= 0.6 is 0 Å². The third kappa shape index (κ3) is 3.94. The standard InChI is InChI=1S/C16H20N4/c1-16(2,3)19-10-15-9-18-12-20(15)11-14-6-4-5-13(7-14)8-17/h4-7,9,12,19H,10-11H2,1-3H3. The molecule has 0 spiro atoms. The maximum atomic E-state index is 8.94. The van der Waals surface area contributed by atoms with E-state index in [2.05, 4.69) is 41.7 Å². The van der Waals surface area contributed by atoms with Gasteiger partial charge < -0.3 is 9.88 Å². The highest BCUT2D eigenvalue weighted by Crippen LogP contribution is 2.10. The van der Waals surface area contributed by atoms with Gasteiger partial charge in [0, 0.05) is 24.8 Å². The van der Waals surface area contributed by atoms with Crippen molar-refractivity contribution in [2.75, 3.05) is 0 Å². The van der Waals surface area contributed by atoms with Crippen LogP contribution in [-0.4, -0.2) is 15.1 Å². The average Bonchev–Trinajstić information content (AvgIpc) is 2.83. The number of nitriles is 1. The SMILES string of the molecule is CC(C)(C)NCc1cncn1Cc1cccc(C#N)c1. The molecule has 4 heteroatoms. The fourth-order valence-corrected chi connectivity index (χ4v) is 1.93. The Morgan fingerprint density at radius 2 is 2.15 bits per heavy atom. The molecule has 1 aromatic heterocycles. The number of imidazole rings is 1. The zero-order valence-corrected chi connectivity index (χ0v) is 12.2. The largest absolute Gasteiger partial charge is 0.329 e. The first kappa shape index (κ1) is 14.3. The minimum atomic E-state index is 0.0792. The van der Waals surface area contributed by atoms with E-state index in [1.165, 1.54) is 0 Å². The molecule has 104 valence electrons. The molecule has 4 nitrogen and oxygen atoms in total. The average molecular weight is 268 g/mol. The van der Waals surface area contributed by atoms with Gasteiger partial charge in [0.25, 0.3) is 0 Å². The van der Waals surface area contributed by atoms with Gasteiger partial charge in [0.2, 0.25) is 0 Å². The molecule has 2 aromatic rings. The quantitative estimate of drug-likeness (QED) is 0.927. The summed E-state index contributed by atoms with van der Waals surface area (Å²) in [5.74, 6) is 0. The van der Waals surface area contributed by atoms with Gasteiger partial charge in [-0.3, -0.25) is 0 Å². The third-order valence-electron chi connectivity index (χ3n) is 3.01. The second-order valence-electron chi connectivity index (χ2n) is 5.93. The van der Waals surface area contributed by atoms with Crippen LogP contribution in [-0.2, 0) is 13.1 Å². The summed E-state index contributed by atoms with van der Waals surface area (Å²) < 4.78 is 2.11. The van der Waals surface area contributed by atoms with Crippen molar-refractivity contribution in [3.05, 3.63) is 53.6 Å². The number of hydrogen-bond donors (Lipinski definition) is 1. The zero-order valence-electron chi connectivity index (χ0n) is 12.2. The molecule has 1 heterocycles. The lowest BCUT2D eigenvalue weighted by Crippen LogP contribution is -2.35. The van der Waals surface area contributed by atoms with E-state index < -0.39 is 0 Å². The van der Waals surface area contributed by atoms with Crippen molar-refractivity contribution in [3.8, 4) is 6.07 Å². The number of aromatic nitrogens is 2. The van der Waals surface area contributed by atoms with Crippen molar-refractivity contribution in [2.24, 2.45) is 0 Å². The van der Waals surface area contributed by atoms with Crippen LogP contribution < -0.4 is 5.32 Å². The van der Waals surface area contributed by atoms with Crippen molar-refractivity contribution in [1.29, 1.82) is 5.26 Å². The summed E-state index contributed by atoms with van der Waals surface area (Å²) in [5, 5.41) is 12.4. The molecule has 0 fully saturated rings. The van der Waals surface area contributed by atoms with Crippen molar-refractivity contribution in [1.82, 2.24) is 14.9 Å². The second-order valence-corrected chi connectivity index (χ2v) is 5.93. The third-order valence-corrected chi connectivity index (χ3v) is 3.01. The van der Waals surface area contributed by atoms with E-state index in [9.17, 15) is 0 Å². The normalized spacial score (nSPS) is 11.3. The van der Waals surface area contributed by atoms with E-state index in [0.29, 0.717) is 5.56 Å². The van der Waals surface area contributed by atoms with E-state index in [0.717, 1.165) is 24.3 Å². The van der Waals surface area contributed by atoms with Gasteiger partial charge in [0.1, 0.15) is 0 Å². The maximum Gasteiger partial charge on any atom is 0.0991 e. The Bertz CT molecular complexity index is 614. The van der Waals surface area contributed by atoms with Gasteiger partial charge in [-0.25, -0.2) is 4.98 Å². The molecule has 2 rings (SSSR count). The van der Waals surface area contributed by atoms with Crippen LogP contribution in [0.15, 0.2) is 36.8 Å². The number of benzene rings is 1. The number of nitrogens with one attached hydrogen (secondary N) is 1. The van der Waals surface area contributed by atoms with Gasteiger partial charge in [-0.05, 0) is 38.5 Å². The molecule has 0 aliphatic heterocycles. The van der Waals surface area contributed by atoms with Gasteiger partial charge in [-0.1, -0.05) is 12.1 Å². The Labute approximate surface area is 120 Å². The molecule has 0 atom stereocenters. The summed E-state index contributed by atoms with van der Waals surface area (Å²) >= 11 is 0. The van der Waals surface area contributed by atoms with E-state index >= 15 is 0 Å². The summed E-state index contributed by atoms with van der Waals surface area (Å²) in [6, 6.07) is 9.85. The van der Waals surface area contributed by atoms with E-state index in [1.807, 2.05) is 36.8 Å². The number of rotatable bonds is 4. The van der Waals surface area contributed by atoms with Crippen molar-refractivity contribution < 1.29 is 0 Å². The predicted octanol–water partition coefficient (Wildman–Crippen LogP) is 2.69. The zero-order chi connectivity index (χ0) is 14.6. The first-order chi connectivity index (χ1) is 9.48. The van der Waals surface area contributed by atoms with Gasteiger partial charge in [-0.2, -0.15) is 5.26 Å². The minimum Gasteiger partial charge on any atom is -0.329 e. The lowest BCUT2D eigenvalue weighted by molar-refractivity contribution is 0.417. The maximum absolute atomic E-state index is 8.94. The molecular formula is C16H20N4. The first-order valence-electron chi connectivity index (χ1n) is 6.71. The molecule has 0 unspecified atom stereocenters. The highest BCUT2D eigenvalue weighted by Gasteiger charge is 2.10. The summed E-state index contributed by atoms with van der Waals surface area (Å²) in [6.07, 6.45) is 3.71. The molecule has 1 N–H and O–H groups in total. The molecule has 1 aromatic carbocycles. The molecule has 0 aliphatic carbocycles. The second kappa shape index (κ2) is 5.89. The molecule has 0 saturated heterocycles. The fourth-order valence-electron chi connectivity index (χ4n) is 1.93. The van der Waals surface area contributed by atoms with E-state index in [4.69, 9.17) is 5.26 Å². The molecule has 0 saturated carbocycles. The van der Waals surface area contributed by atoms with Gasteiger partial charge in [-0.15, -0.1) is 0 Å². The van der Waals surface area contributed by atoms with Crippen molar-refractivity contribution >= 4 is 0 Å². The van der Waals surface area contributed by atoms with E-state index in [-0.39, 0.29) is 5.54 Å². The topological polar surface area (TPSA) is 53.6 Å². The highest BCUT2D eigenvalue weighted by atomic mass is 15.1. The summed E-state index contributed by atoms with van der Waals surface area (Å²) in [4.78, 5) is 4.22. The lowest BCUT2D eigenvalue weighted by Gasteiger charge is -2.21. The fraction of sp³-hybridized carbons (Fsp3) is 0.375. The minimum absolute atomic E-state index is 0.0792. The Balaban J connectivity index is 2.10. The Kier molecular flexibility index (Phi) is 4.21. The summed E-state index contributed by atoms with van der Waals surface area (Å²) in [5.41, 5.74) is 3.02. The highest BCUT2D eigenvalue weighted by molar-refractivity contribution is 5.33. The molecule has 20 heavy (non-hydrogen) atoms. The summed E-state index contributed by atoms with van der Waals surface area (Å²) in [7, 11) is 0. The van der Waals surface area contributed by atoms with Crippen molar-refractivity contribution in [3.63, 3.8) is 0 Å². The Morgan fingerprint density at radius 1 is 1.35 bits per heavy atom. The molecule has 0 bridgehead atoms. The molecule has 0 aliphatic rings. The van der Waals surface area contributed by atoms with Gasteiger partial charge >= 0.3 is 0 Å². The number of hydrogen-bond acceptors (Lipinski definition) is 3. The smallest absolute Gasteiger partial charge is 0.0991 e. The van der Waals surface area contributed by atoms with Crippen LogP contribution in [0.2, 0.25) is 0 Å². The monoisotopic (exact) mass is 268 g/mol. The lowest BCUT2D eigenvalue weighted by atomic mass is 10.1. The number of nitrogens with zero attached hydrogens (tertiary/aromatic N) is 3. The van der Waals surface area contributed by atoms with Crippen molar-refractivity contribution in [2.45, 2.75) is 39.4 Å². The van der Waals surface area contributed by atoms with Gasteiger partial charge in [0.05, 0.1) is 23.7 Å². The van der Waals surface area contributed by atoms with E-state index in [1.54, 1.807) is 0 Å². The van der Waals surface area contributed by atoms with Gasteiger partial charge in [0.15, 0.2) is 0 Å². The van der Waals surface area contributed by atoms with Crippen LogP contribution in [0.25, 0.3) is 0 Å². The molecular weight excluding hydrogens is 248 g/mol. The van der Waals surface area contributed by atoms with Crippen LogP contribution in [0.1, 0.15) is 37.6 Å². The molecule has 0 radical (unpaired) electrons. The Hall–Kier alpha value is -2.12. The predicted molar refractivity (Wildman–Crippen MR) is 79.1 cm³/mol. The first-order valence-corrected chi connectivity index (χ1v) is 6.71.